The molecule has 1 N–H and O–H groups in total. The number of rotatable bonds is 4. The quantitative estimate of drug-likeness (QED) is 0.666. The van der Waals surface area contributed by atoms with Crippen LogP contribution in [0.1, 0.15) is 19.8 Å². The molecule has 0 aliphatic carbocycles. The number of nitrogens with one attached hydrogen (secondary N) is 1. The van der Waals surface area contributed by atoms with Gasteiger partial charge in [-0.3, -0.25) is 5.43 Å². The van der Waals surface area contributed by atoms with Crippen LogP contribution in [-0.2, 0) is 0 Å². The minimum absolute atomic E-state index is 0.331. The number of hydrogen-bond acceptors (Lipinski definition) is 4. The van der Waals surface area contributed by atoms with Gasteiger partial charge in [-0.2, -0.15) is 5.10 Å². The maximum Gasteiger partial charge on any atom is 0.185 e. The minimum Gasteiger partial charge on any atom is -0.259 e. The molecule has 0 aliphatic rings. The number of hydrogen-bond donors (Lipinski definition) is 1. The second-order valence-electron chi connectivity index (χ2n) is 3.56. The molecule has 88 valence electrons. The van der Waals surface area contributed by atoms with Crippen molar-refractivity contribution in [2.45, 2.75) is 19.8 Å². The largest absolute Gasteiger partial charge is 0.259 e. The monoisotopic (exact) mass is 248 g/mol. The first-order chi connectivity index (χ1) is 8.31. The molecule has 1 aromatic heterocycles. The first-order valence-corrected chi connectivity index (χ1v) is 5.89. The van der Waals surface area contributed by atoms with E-state index >= 15 is 0 Å². The van der Waals surface area contributed by atoms with E-state index in [1.54, 1.807) is 6.21 Å². The van der Waals surface area contributed by atoms with E-state index in [0.717, 1.165) is 23.9 Å². The zero-order chi connectivity index (χ0) is 12.1. The highest BCUT2D eigenvalue weighted by Crippen LogP contribution is 2.20. The second kappa shape index (κ2) is 5.59. The van der Waals surface area contributed by atoms with Crippen LogP contribution in [0.4, 0.5) is 5.82 Å². The number of nitrogens with zero attached hydrogens (tertiary/aromatic N) is 3. The summed E-state index contributed by atoms with van der Waals surface area (Å²) in [5, 5.41) is 4.37. The van der Waals surface area contributed by atoms with Crippen molar-refractivity contribution in [2.24, 2.45) is 5.10 Å². The van der Waals surface area contributed by atoms with Crippen LogP contribution in [0.3, 0.4) is 0 Å². The summed E-state index contributed by atoms with van der Waals surface area (Å²) >= 11 is 6.01. The number of hydrazone groups is 1. The average Bonchev–Trinajstić information content (AvgIpc) is 2.35. The Morgan fingerprint density at radius 3 is 2.71 bits per heavy atom. The van der Waals surface area contributed by atoms with E-state index in [0.29, 0.717) is 11.0 Å². The number of anilines is 1. The maximum absolute atomic E-state index is 6.01. The van der Waals surface area contributed by atoms with Crippen molar-refractivity contribution in [2.75, 3.05) is 5.43 Å². The van der Waals surface area contributed by atoms with Crippen molar-refractivity contribution in [1.29, 1.82) is 0 Å². The molecule has 0 bridgehead atoms. The molecule has 0 fully saturated rings. The summed E-state index contributed by atoms with van der Waals surface area (Å²) in [6.45, 7) is 2.09. The van der Waals surface area contributed by atoms with E-state index in [-0.39, 0.29) is 0 Å². The Morgan fingerprint density at radius 2 is 2.00 bits per heavy atom. The van der Waals surface area contributed by atoms with Gasteiger partial charge in [0.15, 0.2) is 11.0 Å². The Bertz CT molecular complexity index is 539. The molecule has 5 heteroatoms. The van der Waals surface area contributed by atoms with Crippen molar-refractivity contribution < 1.29 is 0 Å². The molecule has 2 aromatic rings. The van der Waals surface area contributed by atoms with E-state index in [1.807, 2.05) is 24.3 Å². The molecule has 0 unspecified atom stereocenters. The maximum atomic E-state index is 6.01. The summed E-state index contributed by atoms with van der Waals surface area (Å²) in [6, 6.07) is 7.58. The fourth-order valence-corrected chi connectivity index (χ4v) is 1.53. The van der Waals surface area contributed by atoms with Gasteiger partial charge in [-0.25, -0.2) is 9.97 Å². The van der Waals surface area contributed by atoms with Gasteiger partial charge in [0.05, 0.1) is 11.0 Å². The molecule has 1 aromatic carbocycles. The third kappa shape index (κ3) is 2.91. The summed E-state index contributed by atoms with van der Waals surface area (Å²) in [5.74, 6) is 0.484. The van der Waals surface area contributed by atoms with Crippen molar-refractivity contribution in [1.82, 2.24) is 9.97 Å². The summed E-state index contributed by atoms with van der Waals surface area (Å²) in [7, 11) is 0. The van der Waals surface area contributed by atoms with E-state index in [9.17, 15) is 0 Å². The molecule has 0 amide bonds. The Morgan fingerprint density at radius 1 is 1.29 bits per heavy atom. The topological polar surface area (TPSA) is 50.2 Å². The van der Waals surface area contributed by atoms with Crippen molar-refractivity contribution in [3.05, 3.63) is 29.4 Å². The fourth-order valence-electron chi connectivity index (χ4n) is 1.35. The van der Waals surface area contributed by atoms with E-state index < -0.39 is 0 Å². The van der Waals surface area contributed by atoms with Crippen molar-refractivity contribution in [3.63, 3.8) is 0 Å². The van der Waals surface area contributed by atoms with Gasteiger partial charge in [0, 0.05) is 6.21 Å². The van der Waals surface area contributed by atoms with Crippen LogP contribution in [0.5, 0.6) is 0 Å². The molecule has 0 saturated carbocycles. The summed E-state index contributed by atoms with van der Waals surface area (Å²) in [6.07, 6.45) is 3.78. The van der Waals surface area contributed by atoms with Crippen LogP contribution < -0.4 is 5.43 Å². The number of halogens is 1. The standard InChI is InChI=1S/C12H13ClN4/c1-2-3-8-14-17-12-11(13)15-9-6-4-5-7-10(9)16-12/h4-8H,2-3H2,1H3,(H,16,17)/b14-8+. The van der Waals surface area contributed by atoms with Gasteiger partial charge in [-0.05, 0) is 18.6 Å². The highest BCUT2D eigenvalue weighted by molar-refractivity contribution is 6.32. The molecule has 1 heterocycles. The molecule has 4 nitrogen and oxygen atoms in total. The number of fused-ring (bicyclic) bond motifs is 1. The Labute approximate surface area is 105 Å². The van der Waals surface area contributed by atoms with Gasteiger partial charge in [-0.1, -0.05) is 37.1 Å². The summed E-state index contributed by atoms with van der Waals surface area (Å²) < 4.78 is 0. The first kappa shape index (κ1) is 11.8. The predicted molar refractivity (Wildman–Crippen MR) is 71.6 cm³/mol. The average molecular weight is 249 g/mol. The minimum atomic E-state index is 0.331. The lowest BCUT2D eigenvalue weighted by molar-refractivity contribution is 1.00. The Kier molecular flexibility index (Phi) is 3.88. The Hall–Kier alpha value is -1.68. The zero-order valence-electron chi connectivity index (χ0n) is 9.52. The molecule has 17 heavy (non-hydrogen) atoms. The molecule has 0 atom stereocenters. The van der Waals surface area contributed by atoms with Crippen molar-refractivity contribution >= 4 is 34.7 Å². The van der Waals surface area contributed by atoms with E-state index in [4.69, 9.17) is 11.6 Å². The number of unbranched alkanes of at least 4 members (excludes halogenated alkanes) is 1. The van der Waals surface area contributed by atoms with Gasteiger partial charge in [0.2, 0.25) is 0 Å². The third-order valence-electron chi connectivity index (χ3n) is 2.21. The smallest absolute Gasteiger partial charge is 0.185 e. The molecular formula is C12H13ClN4. The van der Waals surface area contributed by atoms with Gasteiger partial charge in [0.25, 0.3) is 0 Å². The van der Waals surface area contributed by atoms with Gasteiger partial charge >= 0.3 is 0 Å². The van der Waals surface area contributed by atoms with Gasteiger partial charge in [0.1, 0.15) is 0 Å². The zero-order valence-corrected chi connectivity index (χ0v) is 10.3. The molecule has 0 aliphatic heterocycles. The normalized spacial score (nSPS) is 11.2. The van der Waals surface area contributed by atoms with Crippen LogP contribution in [0.15, 0.2) is 29.4 Å². The van der Waals surface area contributed by atoms with Crippen LogP contribution in [0.25, 0.3) is 11.0 Å². The highest BCUT2D eigenvalue weighted by Gasteiger charge is 2.04. The van der Waals surface area contributed by atoms with Crippen LogP contribution >= 0.6 is 11.6 Å². The summed E-state index contributed by atoms with van der Waals surface area (Å²) in [4.78, 5) is 8.59. The Balaban J connectivity index is 2.25. The lowest BCUT2D eigenvalue weighted by Crippen LogP contribution is -1.96. The molecule has 0 spiro atoms. The molecule has 0 saturated heterocycles. The van der Waals surface area contributed by atoms with Gasteiger partial charge < -0.3 is 0 Å². The van der Waals surface area contributed by atoms with Crippen LogP contribution in [0.2, 0.25) is 5.15 Å². The summed E-state index contributed by atoms with van der Waals surface area (Å²) in [5.41, 5.74) is 4.38. The number of aromatic nitrogens is 2. The highest BCUT2D eigenvalue weighted by atomic mass is 35.5. The predicted octanol–water partition coefficient (Wildman–Crippen LogP) is 3.48. The van der Waals surface area contributed by atoms with Crippen molar-refractivity contribution in [3.8, 4) is 0 Å². The molecule has 0 radical (unpaired) electrons. The lowest BCUT2D eigenvalue weighted by atomic mass is 10.3. The van der Waals surface area contributed by atoms with Crippen LogP contribution in [0, 0.1) is 0 Å². The van der Waals surface area contributed by atoms with Gasteiger partial charge in [-0.15, -0.1) is 0 Å². The molecule has 2 rings (SSSR count). The number of para-hydroxylation sites is 2. The number of benzene rings is 1. The third-order valence-corrected chi connectivity index (χ3v) is 2.47. The SMILES string of the molecule is CCC/C=N/Nc1nc2ccccc2nc1Cl. The second-order valence-corrected chi connectivity index (χ2v) is 3.92. The fraction of sp³-hybridized carbons (Fsp3) is 0.250. The van der Waals surface area contributed by atoms with Crippen LogP contribution in [-0.4, -0.2) is 16.2 Å². The van der Waals surface area contributed by atoms with E-state index in [1.165, 1.54) is 0 Å². The van der Waals surface area contributed by atoms with E-state index in [2.05, 4.69) is 27.4 Å². The first-order valence-electron chi connectivity index (χ1n) is 5.51. The lowest BCUT2D eigenvalue weighted by Gasteiger charge is -2.03. The molecular weight excluding hydrogens is 236 g/mol.